The van der Waals surface area contributed by atoms with Crippen LogP contribution in [0.1, 0.15) is 20.8 Å². The minimum atomic E-state index is -0.210. The summed E-state index contributed by atoms with van der Waals surface area (Å²) >= 11 is 7.08. The molecule has 5 heteroatoms. The summed E-state index contributed by atoms with van der Waals surface area (Å²) in [6.45, 7) is 6.06. The third-order valence-corrected chi connectivity index (χ3v) is 3.62. The van der Waals surface area contributed by atoms with Crippen LogP contribution in [0.2, 0.25) is 0 Å². The van der Waals surface area contributed by atoms with Gasteiger partial charge >= 0.3 is 0 Å². The molecule has 0 saturated heterocycles. The first-order valence-corrected chi connectivity index (χ1v) is 8.18. The third kappa shape index (κ3) is 4.93. The van der Waals surface area contributed by atoms with E-state index in [0.29, 0.717) is 0 Å². The van der Waals surface area contributed by atoms with E-state index in [1.807, 2.05) is 63.2 Å². The number of hydrogen-bond acceptors (Lipinski definition) is 3. The smallest absolute Gasteiger partial charge is 0.111 e. The molecule has 0 radical (unpaired) electrons. The third-order valence-electron chi connectivity index (χ3n) is 2.54. The quantitative estimate of drug-likeness (QED) is 0.552. The van der Waals surface area contributed by atoms with Crippen LogP contribution in [0.4, 0.5) is 17.1 Å². The Morgan fingerprint density at radius 1 is 1.00 bits per heavy atom. The first-order valence-electron chi connectivity index (χ1n) is 6.59. The molecule has 0 saturated carbocycles. The fourth-order valence-corrected chi connectivity index (χ4v) is 2.93. The number of benzene rings is 2. The Hall–Kier alpha value is -1.20. The molecular formula is C16H17Br2N3. The van der Waals surface area contributed by atoms with Gasteiger partial charge in [-0.05, 0) is 61.0 Å². The summed E-state index contributed by atoms with van der Waals surface area (Å²) in [4.78, 5) is 0. The molecule has 3 nitrogen and oxygen atoms in total. The van der Waals surface area contributed by atoms with E-state index in [4.69, 9.17) is 0 Å². The molecule has 0 aliphatic rings. The lowest BCUT2D eigenvalue weighted by atomic mass is 10.1. The molecule has 2 rings (SSSR count). The summed E-state index contributed by atoms with van der Waals surface area (Å²) in [5, 5.41) is 12.1. The van der Waals surface area contributed by atoms with Gasteiger partial charge in [0.1, 0.15) is 5.69 Å². The highest BCUT2D eigenvalue weighted by molar-refractivity contribution is 9.11. The van der Waals surface area contributed by atoms with Crippen molar-refractivity contribution in [1.29, 1.82) is 0 Å². The summed E-state index contributed by atoms with van der Waals surface area (Å²) in [5.41, 5.74) is 2.49. The highest BCUT2D eigenvalue weighted by atomic mass is 79.9. The number of rotatable bonds is 3. The van der Waals surface area contributed by atoms with Crippen molar-refractivity contribution >= 4 is 48.9 Å². The Morgan fingerprint density at radius 3 is 2.29 bits per heavy atom. The van der Waals surface area contributed by atoms with Gasteiger partial charge in [0, 0.05) is 14.6 Å². The molecular weight excluding hydrogens is 394 g/mol. The van der Waals surface area contributed by atoms with Gasteiger partial charge in [0.25, 0.3) is 0 Å². The van der Waals surface area contributed by atoms with E-state index >= 15 is 0 Å². The van der Waals surface area contributed by atoms with Gasteiger partial charge in [-0.15, -0.1) is 0 Å². The van der Waals surface area contributed by atoms with Crippen molar-refractivity contribution in [3.8, 4) is 0 Å². The number of hydrogen-bond donors (Lipinski definition) is 1. The van der Waals surface area contributed by atoms with Crippen LogP contribution in [-0.2, 0) is 0 Å². The Bertz CT molecular complexity index is 647. The molecule has 0 bridgehead atoms. The van der Waals surface area contributed by atoms with Crippen molar-refractivity contribution in [2.45, 2.75) is 26.3 Å². The summed E-state index contributed by atoms with van der Waals surface area (Å²) in [5.74, 6) is 0. The molecule has 21 heavy (non-hydrogen) atoms. The van der Waals surface area contributed by atoms with Crippen LogP contribution >= 0.6 is 31.9 Å². The molecule has 2 aromatic rings. The number of para-hydroxylation sites is 1. The number of nitrogens with zero attached hydrogens (tertiary/aromatic N) is 2. The zero-order valence-electron chi connectivity index (χ0n) is 12.2. The van der Waals surface area contributed by atoms with Crippen LogP contribution < -0.4 is 5.32 Å². The number of halogens is 2. The van der Waals surface area contributed by atoms with Crippen LogP contribution in [0.5, 0.6) is 0 Å². The average molecular weight is 411 g/mol. The SMILES string of the molecule is CC(C)(C)N=Nc1cc(Br)cc(Br)c1Nc1ccccc1. The Morgan fingerprint density at radius 2 is 1.67 bits per heavy atom. The van der Waals surface area contributed by atoms with Gasteiger partial charge in [0.2, 0.25) is 0 Å². The van der Waals surface area contributed by atoms with Gasteiger partial charge < -0.3 is 5.32 Å². The largest absolute Gasteiger partial charge is 0.353 e. The predicted octanol–water partition coefficient (Wildman–Crippen LogP) is 6.84. The lowest BCUT2D eigenvalue weighted by Crippen LogP contribution is -2.07. The van der Waals surface area contributed by atoms with Crippen LogP contribution in [0.15, 0.2) is 61.6 Å². The molecule has 0 aliphatic carbocycles. The zero-order valence-corrected chi connectivity index (χ0v) is 15.4. The second kappa shape index (κ2) is 6.71. The molecule has 0 fully saturated rings. The van der Waals surface area contributed by atoms with Crippen molar-refractivity contribution in [3.63, 3.8) is 0 Å². The fourth-order valence-electron chi connectivity index (χ4n) is 1.63. The van der Waals surface area contributed by atoms with E-state index in [0.717, 1.165) is 26.0 Å². The van der Waals surface area contributed by atoms with Crippen molar-refractivity contribution in [3.05, 3.63) is 51.4 Å². The Balaban J connectivity index is 2.41. The van der Waals surface area contributed by atoms with Gasteiger partial charge in [0.15, 0.2) is 0 Å². The predicted molar refractivity (Wildman–Crippen MR) is 95.8 cm³/mol. The van der Waals surface area contributed by atoms with Crippen LogP contribution in [0.3, 0.4) is 0 Å². The van der Waals surface area contributed by atoms with Gasteiger partial charge in [-0.1, -0.05) is 34.1 Å². The number of nitrogens with one attached hydrogen (secondary N) is 1. The van der Waals surface area contributed by atoms with Gasteiger partial charge in [0.05, 0.1) is 11.2 Å². The summed E-state index contributed by atoms with van der Waals surface area (Å²) < 4.78 is 1.89. The standard InChI is InChI=1S/C16H17Br2N3/c1-16(2,3)21-20-14-10-11(17)9-13(18)15(14)19-12-7-5-4-6-8-12/h4-10,19H,1-3H3. The molecule has 0 aromatic heterocycles. The first-order chi connectivity index (χ1) is 9.85. The minimum Gasteiger partial charge on any atom is -0.353 e. The van der Waals surface area contributed by atoms with Crippen molar-refractivity contribution in [2.75, 3.05) is 5.32 Å². The average Bonchev–Trinajstić information content (AvgIpc) is 2.40. The van der Waals surface area contributed by atoms with Gasteiger partial charge in [-0.3, -0.25) is 0 Å². The molecule has 0 heterocycles. The van der Waals surface area contributed by atoms with Crippen molar-refractivity contribution < 1.29 is 0 Å². The van der Waals surface area contributed by atoms with Crippen LogP contribution in [0, 0.1) is 0 Å². The lowest BCUT2D eigenvalue weighted by Gasteiger charge is -2.14. The van der Waals surface area contributed by atoms with E-state index in [9.17, 15) is 0 Å². The highest BCUT2D eigenvalue weighted by Crippen LogP contribution is 2.38. The molecule has 0 unspecified atom stereocenters. The summed E-state index contributed by atoms with van der Waals surface area (Å²) in [7, 11) is 0. The fraction of sp³-hybridized carbons (Fsp3) is 0.250. The number of anilines is 2. The normalized spacial score (nSPS) is 11.9. The zero-order chi connectivity index (χ0) is 15.5. The number of azo groups is 1. The molecule has 0 atom stereocenters. The molecule has 1 N–H and O–H groups in total. The minimum absolute atomic E-state index is 0.210. The van der Waals surface area contributed by atoms with Crippen molar-refractivity contribution in [2.24, 2.45) is 10.2 Å². The molecule has 2 aromatic carbocycles. The molecule has 0 aliphatic heterocycles. The van der Waals surface area contributed by atoms with Gasteiger partial charge in [-0.2, -0.15) is 10.2 Å². The van der Waals surface area contributed by atoms with E-state index in [1.165, 1.54) is 0 Å². The van der Waals surface area contributed by atoms with E-state index < -0.39 is 0 Å². The molecule has 0 amide bonds. The van der Waals surface area contributed by atoms with Crippen molar-refractivity contribution in [1.82, 2.24) is 0 Å². The first kappa shape index (κ1) is 16.2. The maximum Gasteiger partial charge on any atom is 0.111 e. The maximum absolute atomic E-state index is 4.40. The highest BCUT2D eigenvalue weighted by Gasteiger charge is 2.11. The van der Waals surface area contributed by atoms with Crippen LogP contribution in [0.25, 0.3) is 0 Å². The second-order valence-corrected chi connectivity index (χ2v) is 7.41. The molecule has 0 spiro atoms. The topological polar surface area (TPSA) is 36.8 Å². The maximum atomic E-state index is 4.40. The van der Waals surface area contributed by atoms with E-state index in [2.05, 4.69) is 47.4 Å². The Labute approximate surface area is 142 Å². The molecule has 110 valence electrons. The summed E-state index contributed by atoms with van der Waals surface area (Å²) in [6, 6.07) is 13.9. The van der Waals surface area contributed by atoms with Gasteiger partial charge in [-0.25, -0.2) is 0 Å². The van der Waals surface area contributed by atoms with E-state index in [1.54, 1.807) is 0 Å². The lowest BCUT2D eigenvalue weighted by molar-refractivity contribution is 0.552. The monoisotopic (exact) mass is 409 g/mol. The Kier molecular flexibility index (Phi) is 5.17. The van der Waals surface area contributed by atoms with E-state index in [-0.39, 0.29) is 5.54 Å². The second-order valence-electron chi connectivity index (χ2n) is 5.64. The van der Waals surface area contributed by atoms with Crippen LogP contribution in [-0.4, -0.2) is 5.54 Å². The summed E-state index contributed by atoms with van der Waals surface area (Å²) in [6.07, 6.45) is 0.